The molecule has 5 heteroatoms. The second kappa shape index (κ2) is 5.57. The molecule has 1 heterocycles. The molecule has 0 fully saturated rings. The van der Waals surface area contributed by atoms with E-state index in [4.69, 9.17) is 0 Å². The first kappa shape index (κ1) is 12.9. The molecule has 1 rings (SSSR count). The zero-order chi connectivity index (χ0) is 11.2. The lowest BCUT2D eigenvalue weighted by Gasteiger charge is -2.03. The molecule has 0 aliphatic carbocycles. The van der Waals surface area contributed by atoms with Crippen LogP contribution >= 0.6 is 0 Å². The molecule has 0 aliphatic rings. The molecular formula is C9H13F3N2. The summed E-state index contributed by atoms with van der Waals surface area (Å²) in [6.07, 6.45) is -1.42. The highest BCUT2D eigenvalue weighted by Crippen LogP contribution is 2.25. The number of hydrogen-bond acceptors (Lipinski definition) is 2. The van der Waals surface area contributed by atoms with Crippen LogP contribution in [-0.2, 0) is 12.6 Å². The molecule has 1 aromatic rings. The molecule has 0 aliphatic heterocycles. The monoisotopic (exact) mass is 206 g/mol. The number of aryl methyl sites for hydroxylation is 1. The van der Waals surface area contributed by atoms with Crippen LogP contribution in [0.3, 0.4) is 0 Å². The molecule has 0 atom stereocenters. The van der Waals surface area contributed by atoms with Crippen LogP contribution in [-0.4, -0.2) is 9.97 Å². The van der Waals surface area contributed by atoms with E-state index in [2.05, 4.69) is 9.97 Å². The molecule has 2 nitrogen and oxygen atoms in total. The van der Waals surface area contributed by atoms with Crippen LogP contribution in [0.1, 0.15) is 32.2 Å². The maximum Gasteiger partial charge on any atom is 0.451 e. The normalized spacial score (nSPS) is 10.4. The van der Waals surface area contributed by atoms with Crippen LogP contribution in [0, 0.1) is 0 Å². The molecule has 0 saturated carbocycles. The first-order valence-electron chi connectivity index (χ1n) is 4.42. The highest BCUT2D eigenvalue weighted by molar-refractivity contribution is 5.05. The minimum atomic E-state index is -4.44. The molecule has 0 radical (unpaired) electrons. The Labute approximate surface area is 81.2 Å². The molecule has 0 unspecified atom stereocenters. The lowest BCUT2D eigenvalue weighted by molar-refractivity contribution is -0.145. The van der Waals surface area contributed by atoms with Gasteiger partial charge in [-0.2, -0.15) is 13.2 Å². The third kappa shape index (κ3) is 3.72. The van der Waals surface area contributed by atoms with Gasteiger partial charge in [0.25, 0.3) is 0 Å². The topological polar surface area (TPSA) is 25.8 Å². The Morgan fingerprint density at radius 3 is 1.86 bits per heavy atom. The lowest BCUT2D eigenvalue weighted by atomic mass is 10.3. The molecule has 0 N–H and O–H groups in total. The highest BCUT2D eigenvalue weighted by atomic mass is 19.4. The third-order valence-corrected chi connectivity index (χ3v) is 1.37. The van der Waals surface area contributed by atoms with Crippen molar-refractivity contribution in [2.24, 2.45) is 0 Å². The van der Waals surface area contributed by atoms with E-state index < -0.39 is 12.0 Å². The van der Waals surface area contributed by atoms with Crippen molar-refractivity contribution in [3.05, 3.63) is 23.8 Å². The van der Waals surface area contributed by atoms with Crippen LogP contribution < -0.4 is 0 Å². The summed E-state index contributed by atoms with van der Waals surface area (Å²) >= 11 is 0. The van der Waals surface area contributed by atoms with Crippen LogP contribution in [0.5, 0.6) is 0 Å². The van der Waals surface area contributed by atoms with Crippen molar-refractivity contribution >= 4 is 0 Å². The largest absolute Gasteiger partial charge is 0.451 e. The van der Waals surface area contributed by atoms with Gasteiger partial charge in [-0.1, -0.05) is 20.8 Å². The second-order valence-corrected chi connectivity index (χ2v) is 2.27. The summed E-state index contributed by atoms with van der Waals surface area (Å²) < 4.78 is 35.7. The van der Waals surface area contributed by atoms with Gasteiger partial charge >= 0.3 is 6.18 Å². The predicted molar refractivity (Wildman–Crippen MR) is 47.8 cm³/mol. The first-order chi connectivity index (χ1) is 6.54. The van der Waals surface area contributed by atoms with Gasteiger partial charge in [-0.15, -0.1) is 0 Å². The van der Waals surface area contributed by atoms with Crippen molar-refractivity contribution in [3.63, 3.8) is 0 Å². The maximum absolute atomic E-state index is 11.9. The minimum absolute atomic E-state index is 0.637. The van der Waals surface area contributed by atoms with Gasteiger partial charge in [-0.05, 0) is 12.0 Å². The van der Waals surface area contributed by atoms with E-state index in [1.165, 1.54) is 12.4 Å². The fraction of sp³-hybridized carbons (Fsp3) is 0.556. The fourth-order valence-corrected chi connectivity index (χ4v) is 0.684. The second-order valence-electron chi connectivity index (χ2n) is 2.27. The highest BCUT2D eigenvalue weighted by Gasteiger charge is 2.34. The van der Waals surface area contributed by atoms with Gasteiger partial charge in [-0.25, -0.2) is 9.97 Å². The van der Waals surface area contributed by atoms with Crippen LogP contribution in [0.2, 0.25) is 0 Å². The summed E-state index contributed by atoms with van der Waals surface area (Å²) in [4.78, 5) is 6.37. The van der Waals surface area contributed by atoms with Crippen LogP contribution in [0.4, 0.5) is 13.2 Å². The SMILES string of the molecule is CC.CCc1cnc(C(F)(F)F)nc1. The number of halogens is 3. The molecular weight excluding hydrogens is 193 g/mol. The van der Waals surface area contributed by atoms with E-state index in [1.807, 2.05) is 20.8 Å². The van der Waals surface area contributed by atoms with Crippen molar-refractivity contribution in [1.82, 2.24) is 9.97 Å². The van der Waals surface area contributed by atoms with Crippen molar-refractivity contribution in [2.45, 2.75) is 33.4 Å². The van der Waals surface area contributed by atoms with Gasteiger partial charge in [0.05, 0.1) is 0 Å². The Hall–Kier alpha value is -1.13. The van der Waals surface area contributed by atoms with E-state index in [-0.39, 0.29) is 0 Å². The van der Waals surface area contributed by atoms with Gasteiger partial charge in [0.2, 0.25) is 5.82 Å². The molecule has 80 valence electrons. The number of aromatic nitrogens is 2. The molecule has 0 aromatic carbocycles. The number of alkyl halides is 3. The van der Waals surface area contributed by atoms with E-state index in [9.17, 15) is 13.2 Å². The Kier molecular flexibility index (Phi) is 5.12. The smallest absolute Gasteiger partial charge is 0.233 e. The zero-order valence-corrected chi connectivity index (χ0v) is 8.39. The summed E-state index contributed by atoms with van der Waals surface area (Å²) in [5, 5.41) is 0. The summed E-state index contributed by atoms with van der Waals surface area (Å²) in [7, 11) is 0. The molecule has 0 saturated heterocycles. The summed E-state index contributed by atoms with van der Waals surface area (Å²) in [6.45, 7) is 5.83. The van der Waals surface area contributed by atoms with Gasteiger partial charge in [0.15, 0.2) is 0 Å². The molecule has 0 spiro atoms. The summed E-state index contributed by atoms with van der Waals surface area (Å²) in [6, 6.07) is 0. The number of hydrogen-bond donors (Lipinski definition) is 0. The van der Waals surface area contributed by atoms with E-state index in [0.29, 0.717) is 12.0 Å². The maximum atomic E-state index is 11.9. The average molecular weight is 206 g/mol. The van der Waals surface area contributed by atoms with E-state index >= 15 is 0 Å². The van der Waals surface area contributed by atoms with Gasteiger partial charge in [0, 0.05) is 12.4 Å². The van der Waals surface area contributed by atoms with Gasteiger partial charge in [-0.3, -0.25) is 0 Å². The Morgan fingerprint density at radius 1 is 1.14 bits per heavy atom. The van der Waals surface area contributed by atoms with Crippen LogP contribution in [0.15, 0.2) is 12.4 Å². The van der Waals surface area contributed by atoms with E-state index in [0.717, 1.165) is 0 Å². The summed E-state index contributed by atoms with van der Waals surface area (Å²) in [5.74, 6) is -1.08. The minimum Gasteiger partial charge on any atom is -0.233 e. The van der Waals surface area contributed by atoms with Crippen molar-refractivity contribution in [3.8, 4) is 0 Å². The third-order valence-electron chi connectivity index (χ3n) is 1.37. The zero-order valence-electron chi connectivity index (χ0n) is 8.39. The Morgan fingerprint density at radius 2 is 1.57 bits per heavy atom. The van der Waals surface area contributed by atoms with Gasteiger partial charge in [0.1, 0.15) is 0 Å². The molecule has 0 amide bonds. The quantitative estimate of drug-likeness (QED) is 0.705. The van der Waals surface area contributed by atoms with Crippen molar-refractivity contribution in [2.75, 3.05) is 0 Å². The van der Waals surface area contributed by atoms with Crippen molar-refractivity contribution in [1.29, 1.82) is 0 Å². The van der Waals surface area contributed by atoms with Gasteiger partial charge < -0.3 is 0 Å². The van der Waals surface area contributed by atoms with Crippen molar-refractivity contribution < 1.29 is 13.2 Å². The first-order valence-corrected chi connectivity index (χ1v) is 4.42. The number of rotatable bonds is 1. The summed E-state index contributed by atoms with van der Waals surface area (Å²) in [5.41, 5.74) is 0.697. The lowest BCUT2D eigenvalue weighted by Crippen LogP contribution is -2.10. The van der Waals surface area contributed by atoms with Crippen LogP contribution in [0.25, 0.3) is 0 Å². The predicted octanol–water partition coefficient (Wildman–Crippen LogP) is 3.08. The Bertz CT molecular complexity index is 254. The molecule has 0 bridgehead atoms. The van der Waals surface area contributed by atoms with E-state index in [1.54, 1.807) is 0 Å². The molecule has 14 heavy (non-hydrogen) atoms. The average Bonchev–Trinajstić information content (AvgIpc) is 2.20. The number of nitrogens with zero attached hydrogens (tertiary/aromatic N) is 2. The standard InChI is InChI=1S/C7H7F3N2.C2H6/c1-2-5-3-11-6(12-4-5)7(8,9)10;1-2/h3-4H,2H2,1H3;1-2H3. The molecule has 1 aromatic heterocycles. The Balaban J connectivity index is 0.000000791. The fourth-order valence-electron chi connectivity index (χ4n) is 0.684.